The Morgan fingerprint density at radius 3 is 2.62 bits per heavy atom. The summed E-state index contributed by atoms with van der Waals surface area (Å²) in [6.45, 7) is 1.41. The number of halogens is 2. The quantitative estimate of drug-likeness (QED) is 0.761. The summed E-state index contributed by atoms with van der Waals surface area (Å²) < 4.78 is 45.3. The molecular weight excluding hydrogens is 361 g/mol. The van der Waals surface area contributed by atoms with E-state index < -0.39 is 20.7 Å². The van der Waals surface area contributed by atoms with Crippen molar-refractivity contribution in [3.8, 4) is 0 Å². The smallest absolute Gasteiger partial charge is 0.246 e. The van der Waals surface area contributed by atoms with Crippen LogP contribution in [0.1, 0.15) is 6.42 Å². The first kappa shape index (κ1) is 20.8. The molecule has 1 heterocycles. The highest BCUT2D eigenvalue weighted by Gasteiger charge is 2.29. The van der Waals surface area contributed by atoms with Crippen molar-refractivity contribution < 1.29 is 22.3 Å². The van der Waals surface area contributed by atoms with Crippen LogP contribution in [0, 0.1) is 5.82 Å². The lowest BCUT2D eigenvalue weighted by atomic mass is 10.3. The van der Waals surface area contributed by atoms with Crippen molar-refractivity contribution >= 4 is 34.0 Å². The number of nitrogens with zero attached hydrogens (tertiary/aromatic N) is 1. The first-order chi connectivity index (χ1) is 10.9. The van der Waals surface area contributed by atoms with E-state index in [1.54, 1.807) is 7.05 Å². The number of sulfonamides is 1. The van der Waals surface area contributed by atoms with Crippen LogP contribution in [-0.4, -0.2) is 58.5 Å². The van der Waals surface area contributed by atoms with Gasteiger partial charge in [-0.3, -0.25) is 4.79 Å². The summed E-state index contributed by atoms with van der Waals surface area (Å²) >= 11 is 0. The molecule has 0 saturated carbocycles. The second-order valence-electron chi connectivity index (χ2n) is 5.06. The Balaban J connectivity index is 0.00000288. The number of nitrogens with one attached hydrogen (secondary N) is 2. The van der Waals surface area contributed by atoms with E-state index in [1.165, 1.54) is 10.4 Å². The molecule has 10 heteroatoms. The third kappa shape index (κ3) is 5.12. The van der Waals surface area contributed by atoms with Crippen molar-refractivity contribution in [2.75, 3.05) is 45.2 Å². The lowest BCUT2D eigenvalue weighted by molar-refractivity contribution is -0.116. The molecular formula is C14H21ClFN3O4S. The van der Waals surface area contributed by atoms with Crippen LogP contribution in [0.4, 0.5) is 10.1 Å². The van der Waals surface area contributed by atoms with Gasteiger partial charge in [-0.1, -0.05) is 0 Å². The van der Waals surface area contributed by atoms with Crippen molar-refractivity contribution in [2.45, 2.75) is 11.3 Å². The number of rotatable bonds is 6. The first-order valence-corrected chi connectivity index (χ1v) is 8.71. The highest BCUT2D eigenvalue weighted by atomic mass is 35.5. The highest BCUT2D eigenvalue weighted by Crippen LogP contribution is 2.23. The number of ether oxygens (including phenoxy) is 1. The first-order valence-electron chi connectivity index (χ1n) is 7.27. The lowest BCUT2D eigenvalue weighted by Gasteiger charge is -2.26. The molecule has 2 N–H and O–H groups in total. The van der Waals surface area contributed by atoms with Crippen molar-refractivity contribution in [1.29, 1.82) is 0 Å². The van der Waals surface area contributed by atoms with Crippen molar-refractivity contribution in [1.82, 2.24) is 9.62 Å². The number of amides is 1. The van der Waals surface area contributed by atoms with Crippen molar-refractivity contribution in [2.24, 2.45) is 0 Å². The Labute approximate surface area is 147 Å². The van der Waals surface area contributed by atoms with Crippen LogP contribution in [0.2, 0.25) is 0 Å². The molecule has 136 valence electrons. The topological polar surface area (TPSA) is 87.7 Å². The molecule has 0 aliphatic carbocycles. The van der Waals surface area contributed by atoms with Gasteiger partial charge in [0, 0.05) is 31.7 Å². The number of carbonyl (C=O) groups excluding carboxylic acids is 1. The molecule has 1 amide bonds. The Kier molecular flexibility index (Phi) is 8.04. The van der Waals surface area contributed by atoms with Gasteiger partial charge < -0.3 is 15.4 Å². The van der Waals surface area contributed by atoms with Crippen LogP contribution >= 0.6 is 12.4 Å². The van der Waals surface area contributed by atoms with Gasteiger partial charge in [0.1, 0.15) is 10.7 Å². The van der Waals surface area contributed by atoms with Gasteiger partial charge in [0.25, 0.3) is 0 Å². The van der Waals surface area contributed by atoms with Crippen LogP contribution in [0.15, 0.2) is 23.1 Å². The minimum absolute atomic E-state index is 0. The summed E-state index contributed by atoms with van der Waals surface area (Å²) in [4.78, 5) is 11.3. The second-order valence-corrected chi connectivity index (χ2v) is 6.97. The summed E-state index contributed by atoms with van der Waals surface area (Å²) in [7, 11) is -2.23. The van der Waals surface area contributed by atoms with Gasteiger partial charge in [0.2, 0.25) is 15.9 Å². The van der Waals surface area contributed by atoms with Gasteiger partial charge in [-0.15, -0.1) is 12.4 Å². The monoisotopic (exact) mass is 381 g/mol. The molecule has 7 nitrogen and oxygen atoms in total. The maximum atomic E-state index is 14.0. The number of morpholine rings is 1. The predicted octanol–water partition coefficient (Wildman–Crippen LogP) is 0.816. The van der Waals surface area contributed by atoms with Crippen LogP contribution < -0.4 is 10.6 Å². The summed E-state index contributed by atoms with van der Waals surface area (Å²) in [6, 6.07) is 3.53. The summed E-state index contributed by atoms with van der Waals surface area (Å²) in [6.07, 6.45) is 0.236. The molecule has 0 spiro atoms. The van der Waals surface area contributed by atoms with Gasteiger partial charge in [-0.25, -0.2) is 12.8 Å². The highest BCUT2D eigenvalue weighted by molar-refractivity contribution is 7.89. The Morgan fingerprint density at radius 1 is 1.33 bits per heavy atom. The van der Waals surface area contributed by atoms with Gasteiger partial charge in [-0.05, 0) is 25.2 Å². The van der Waals surface area contributed by atoms with E-state index in [0.717, 1.165) is 12.1 Å². The number of hydrogen-bond acceptors (Lipinski definition) is 5. The van der Waals surface area contributed by atoms with Gasteiger partial charge in [0.15, 0.2) is 0 Å². The van der Waals surface area contributed by atoms with Gasteiger partial charge in [-0.2, -0.15) is 4.31 Å². The van der Waals surface area contributed by atoms with Crippen molar-refractivity contribution in [3.05, 3.63) is 24.0 Å². The van der Waals surface area contributed by atoms with E-state index >= 15 is 0 Å². The fraction of sp³-hybridized carbons (Fsp3) is 0.500. The SMILES string of the molecule is CNCCC(=O)Nc1ccc(F)c(S(=O)(=O)N2CCOCC2)c1.Cl. The summed E-state index contributed by atoms with van der Waals surface area (Å²) in [5.74, 6) is -1.12. The number of benzene rings is 1. The molecule has 24 heavy (non-hydrogen) atoms. The lowest BCUT2D eigenvalue weighted by Crippen LogP contribution is -2.40. The second kappa shape index (κ2) is 9.28. The molecule has 1 saturated heterocycles. The number of carbonyl (C=O) groups is 1. The molecule has 1 aromatic rings. The Morgan fingerprint density at radius 2 is 2.00 bits per heavy atom. The molecule has 1 aliphatic heterocycles. The van der Waals surface area contributed by atoms with Crippen LogP contribution in [0.25, 0.3) is 0 Å². The molecule has 1 aliphatic rings. The molecule has 0 unspecified atom stereocenters. The van der Waals surface area contributed by atoms with E-state index in [-0.39, 0.29) is 56.7 Å². The summed E-state index contributed by atoms with van der Waals surface area (Å²) in [5, 5.41) is 5.40. The maximum absolute atomic E-state index is 14.0. The normalized spacial score (nSPS) is 15.6. The molecule has 1 fully saturated rings. The standard InChI is InChI=1S/C14H20FN3O4S.ClH/c1-16-5-4-14(19)17-11-2-3-12(15)13(10-11)23(20,21)18-6-8-22-9-7-18;/h2-3,10,16H,4-9H2,1H3,(H,17,19);1H. The van der Waals surface area contributed by atoms with Crippen molar-refractivity contribution in [3.63, 3.8) is 0 Å². The van der Waals surface area contributed by atoms with E-state index in [4.69, 9.17) is 4.74 Å². The fourth-order valence-electron chi connectivity index (χ4n) is 2.17. The minimum Gasteiger partial charge on any atom is -0.379 e. The van der Waals surface area contributed by atoms with Gasteiger partial charge >= 0.3 is 0 Å². The average Bonchev–Trinajstić information content (AvgIpc) is 2.55. The number of anilines is 1. The average molecular weight is 382 g/mol. The minimum atomic E-state index is -3.95. The van der Waals surface area contributed by atoms with E-state index in [2.05, 4.69) is 10.6 Å². The zero-order valence-electron chi connectivity index (χ0n) is 13.2. The largest absolute Gasteiger partial charge is 0.379 e. The zero-order valence-corrected chi connectivity index (χ0v) is 14.9. The molecule has 0 bridgehead atoms. The fourth-order valence-corrected chi connectivity index (χ4v) is 3.67. The molecule has 2 rings (SSSR count). The molecule has 0 atom stereocenters. The number of hydrogen-bond donors (Lipinski definition) is 2. The van der Waals surface area contributed by atoms with E-state index in [9.17, 15) is 17.6 Å². The maximum Gasteiger partial charge on any atom is 0.246 e. The summed E-state index contributed by atoms with van der Waals surface area (Å²) in [5.41, 5.74) is 0.249. The Bertz CT molecular complexity index is 666. The third-order valence-electron chi connectivity index (χ3n) is 3.40. The third-order valence-corrected chi connectivity index (χ3v) is 5.32. The Hall–Kier alpha value is -1.26. The molecule has 1 aromatic carbocycles. The van der Waals surface area contributed by atoms with E-state index in [1.807, 2.05) is 0 Å². The van der Waals surface area contributed by atoms with Crippen LogP contribution in [0.3, 0.4) is 0 Å². The zero-order chi connectivity index (χ0) is 16.9. The van der Waals surface area contributed by atoms with Gasteiger partial charge in [0.05, 0.1) is 13.2 Å². The van der Waals surface area contributed by atoms with Crippen LogP contribution in [-0.2, 0) is 19.6 Å². The predicted molar refractivity (Wildman–Crippen MR) is 90.4 cm³/mol. The van der Waals surface area contributed by atoms with Crippen LogP contribution in [0.5, 0.6) is 0 Å². The molecule has 0 aromatic heterocycles. The molecule has 0 radical (unpaired) electrons. The van der Waals surface area contributed by atoms with E-state index in [0.29, 0.717) is 6.54 Å².